The standard InChI is InChI=1S/C27H29NO5S/c1-6-32-20-12-10-17(14-19(20)27(3,4)5)24(29)22-23(21-11-9-16(2)33-21)28(26(31)25(22)30)15-18-8-7-13-34-18/h7-14,23,29H,6,15H2,1-5H3/b24-22-. The Morgan fingerprint density at radius 3 is 2.53 bits per heavy atom. The number of ketones is 1. The first-order valence-corrected chi connectivity index (χ1v) is 12.1. The number of thiophene rings is 1. The number of hydrogen-bond donors (Lipinski definition) is 1. The van der Waals surface area contributed by atoms with Crippen LogP contribution in [0.4, 0.5) is 0 Å². The van der Waals surface area contributed by atoms with Crippen LogP contribution >= 0.6 is 11.3 Å². The van der Waals surface area contributed by atoms with Gasteiger partial charge < -0.3 is 19.2 Å². The van der Waals surface area contributed by atoms with Crippen LogP contribution in [0.5, 0.6) is 5.75 Å². The van der Waals surface area contributed by atoms with Gasteiger partial charge in [-0.2, -0.15) is 0 Å². The van der Waals surface area contributed by atoms with Crippen molar-refractivity contribution in [2.75, 3.05) is 6.61 Å². The molecule has 3 heterocycles. The molecule has 1 amide bonds. The van der Waals surface area contributed by atoms with E-state index in [9.17, 15) is 14.7 Å². The Balaban J connectivity index is 1.87. The summed E-state index contributed by atoms with van der Waals surface area (Å²) < 4.78 is 11.6. The average Bonchev–Trinajstić information content (AvgIpc) is 3.50. The van der Waals surface area contributed by atoms with Crippen LogP contribution in [0.3, 0.4) is 0 Å². The minimum atomic E-state index is -0.819. The first-order valence-electron chi connectivity index (χ1n) is 11.3. The number of aliphatic hydroxyl groups excluding tert-OH is 1. The number of carbonyl (C=O) groups is 2. The maximum Gasteiger partial charge on any atom is 0.296 e. The first-order chi connectivity index (χ1) is 16.1. The van der Waals surface area contributed by atoms with Gasteiger partial charge >= 0.3 is 0 Å². The Hall–Kier alpha value is -3.32. The van der Waals surface area contributed by atoms with E-state index >= 15 is 0 Å². The lowest BCUT2D eigenvalue weighted by Crippen LogP contribution is -2.28. The van der Waals surface area contributed by atoms with Crippen LogP contribution in [0.25, 0.3) is 5.76 Å². The summed E-state index contributed by atoms with van der Waals surface area (Å²) in [6, 6.07) is 11.9. The number of rotatable bonds is 6. The van der Waals surface area contributed by atoms with Crippen LogP contribution in [-0.2, 0) is 21.5 Å². The fourth-order valence-corrected chi connectivity index (χ4v) is 4.91. The zero-order valence-corrected chi connectivity index (χ0v) is 20.9. The SMILES string of the molecule is CCOc1ccc(/C(O)=C2/C(=O)C(=O)N(Cc3cccs3)C2c2ccc(C)o2)cc1C(C)(C)C. The van der Waals surface area contributed by atoms with Gasteiger partial charge in [0.15, 0.2) is 0 Å². The second kappa shape index (κ2) is 9.14. The molecular formula is C27H29NO5S. The highest BCUT2D eigenvalue weighted by Crippen LogP contribution is 2.42. The molecule has 0 aliphatic carbocycles. The molecule has 4 rings (SSSR count). The lowest BCUT2D eigenvalue weighted by Gasteiger charge is -2.24. The number of hydrogen-bond acceptors (Lipinski definition) is 6. The molecule has 1 aromatic carbocycles. The van der Waals surface area contributed by atoms with E-state index in [-0.39, 0.29) is 23.3 Å². The van der Waals surface area contributed by atoms with E-state index in [1.807, 2.05) is 30.5 Å². The number of aliphatic hydroxyl groups is 1. The van der Waals surface area contributed by atoms with E-state index in [0.717, 1.165) is 16.2 Å². The smallest absolute Gasteiger partial charge is 0.296 e. The highest BCUT2D eigenvalue weighted by atomic mass is 32.1. The van der Waals surface area contributed by atoms with Crippen LogP contribution in [-0.4, -0.2) is 28.3 Å². The number of carbonyl (C=O) groups excluding carboxylic acids is 2. The van der Waals surface area contributed by atoms with E-state index in [4.69, 9.17) is 9.15 Å². The maximum absolute atomic E-state index is 13.2. The number of amides is 1. The molecule has 0 spiro atoms. The third kappa shape index (κ3) is 4.40. The fraction of sp³-hybridized carbons (Fsp3) is 0.333. The number of benzene rings is 1. The van der Waals surface area contributed by atoms with Crippen molar-refractivity contribution in [1.82, 2.24) is 4.90 Å². The van der Waals surface area contributed by atoms with Gasteiger partial charge in [0.1, 0.15) is 29.1 Å². The molecule has 1 fully saturated rings. The summed E-state index contributed by atoms with van der Waals surface area (Å²) in [6.45, 7) is 10.7. The van der Waals surface area contributed by atoms with Gasteiger partial charge in [0.2, 0.25) is 0 Å². The third-order valence-corrected chi connectivity index (χ3v) is 6.70. The van der Waals surface area contributed by atoms with Crippen molar-refractivity contribution in [3.63, 3.8) is 0 Å². The van der Waals surface area contributed by atoms with Crippen molar-refractivity contribution >= 4 is 28.8 Å². The van der Waals surface area contributed by atoms with Gasteiger partial charge in [-0.05, 0) is 61.0 Å². The largest absolute Gasteiger partial charge is 0.507 e. The lowest BCUT2D eigenvalue weighted by molar-refractivity contribution is -0.140. The zero-order valence-electron chi connectivity index (χ0n) is 20.0. The predicted octanol–water partition coefficient (Wildman–Crippen LogP) is 5.97. The summed E-state index contributed by atoms with van der Waals surface area (Å²) in [7, 11) is 0. The van der Waals surface area contributed by atoms with Gasteiger partial charge in [0, 0.05) is 16.0 Å². The maximum atomic E-state index is 13.2. The number of ether oxygens (including phenoxy) is 1. The van der Waals surface area contributed by atoms with Crippen molar-refractivity contribution in [2.24, 2.45) is 0 Å². The van der Waals surface area contributed by atoms with E-state index in [1.54, 1.807) is 31.2 Å². The van der Waals surface area contributed by atoms with Crippen molar-refractivity contribution in [3.05, 3.63) is 80.9 Å². The van der Waals surface area contributed by atoms with Crippen molar-refractivity contribution in [3.8, 4) is 5.75 Å². The molecule has 2 aromatic heterocycles. The molecule has 178 valence electrons. The summed E-state index contributed by atoms with van der Waals surface area (Å²) >= 11 is 1.50. The molecule has 7 heteroatoms. The van der Waals surface area contributed by atoms with Crippen molar-refractivity contribution in [1.29, 1.82) is 0 Å². The van der Waals surface area contributed by atoms with E-state index in [0.29, 0.717) is 23.7 Å². The summed E-state index contributed by atoms with van der Waals surface area (Å²) in [5.74, 6) is 0.224. The fourth-order valence-electron chi connectivity index (χ4n) is 4.21. The minimum Gasteiger partial charge on any atom is -0.507 e. The second-order valence-corrected chi connectivity index (χ2v) is 10.4. The molecular weight excluding hydrogens is 450 g/mol. The van der Waals surface area contributed by atoms with Crippen molar-refractivity contribution < 1.29 is 23.8 Å². The highest BCUT2D eigenvalue weighted by molar-refractivity contribution is 7.09. The molecule has 1 atom stereocenters. The Morgan fingerprint density at radius 2 is 1.94 bits per heavy atom. The number of nitrogens with zero attached hydrogens (tertiary/aromatic N) is 1. The van der Waals surface area contributed by atoms with Gasteiger partial charge in [-0.15, -0.1) is 11.3 Å². The van der Waals surface area contributed by atoms with Gasteiger partial charge in [0.05, 0.1) is 18.7 Å². The average molecular weight is 480 g/mol. The predicted molar refractivity (Wildman–Crippen MR) is 132 cm³/mol. The molecule has 0 saturated carbocycles. The third-order valence-electron chi connectivity index (χ3n) is 5.84. The van der Waals surface area contributed by atoms with Crippen LogP contribution in [0.15, 0.2) is 57.8 Å². The van der Waals surface area contributed by atoms with E-state index in [1.165, 1.54) is 16.2 Å². The number of furan rings is 1. The summed E-state index contributed by atoms with van der Waals surface area (Å²) in [5, 5.41) is 13.3. The molecule has 1 aliphatic rings. The molecule has 0 bridgehead atoms. The number of Topliss-reactive ketones (excluding diaryl/α,β-unsaturated/α-hetero) is 1. The monoisotopic (exact) mass is 479 g/mol. The zero-order chi connectivity index (χ0) is 24.6. The Labute approximate surface area is 203 Å². The van der Waals surface area contributed by atoms with Crippen LogP contribution in [0.2, 0.25) is 0 Å². The Bertz CT molecular complexity index is 1250. The van der Waals surface area contributed by atoms with E-state index in [2.05, 4.69) is 20.8 Å². The van der Waals surface area contributed by atoms with Crippen molar-refractivity contribution in [2.45, 2.75) is 52.6 Å². The van der Waals surface area contributed by atoms with Crippen LogP contribution in [0, 0.1) is 6.92 Å². The number of likely N-dealkylation sites (tertiary alicyclic amines) is 1. The summed E-state index contributed by atoms with van der Waals surface area (Å²) in [5.41, 5.74) is 1.12. The second-order valence-electron chi connectivity index (χ2n) is 9.35. The van der Waals surface area contributed by atoms with Crippen LogP contribution in [0.1, 0.15) is 61.3 Å². The van der Waals surface area contributed by atoms with Gasteiger partial charge in [-0.1, -0.05) is 26.8 Å². The summed E-state index contributed by atoms with van der Waals surface area (Å²) in [6.07, 6.45) is 0. The van der Waals surface area contributed by atoms with Gasteiger partial charge in [-0.25, -0.2) is 0 Å². The van der Waals surface area contributed by atoms with Gasteiger partial charge in [0.25, 0.3) is 11.7 Å². The molecule has 0 radical (unpaired) electrons. The molecule has 1 aliphatic heterocycles. The highest BCUT2D eigenvalue weighted by Gasteiger charge is 2.47. The molecule has 1 N–H and O–H groups in total. The molecule has 34 heavy (non-hydrogen) atoms. The summed E-state index contributed by atoms with van der Waals surface area (Å²) in [4.78, 5) is 28.7. The van der Waals surface area contributed by atoms with E-state index < -0.39 is 17.7 Å². The molecule has 1 saturated heterocycles. The molecule has 1 unspecified atom stereocenters. The van der Waals surface area contributed by atoms with Gasteiger partial charge in [-0.3, -0.25) is 9.59 Å². The first kappa shape index (κ1) is 23.8. The Morgan fingerprint density at radius 1 is 1.18 bits per heavy atom. The molecule has 3 aromatic rings. The molecule has 6 nitrogen and oxygen atoms in total. The topological polar surface area (TPSA) is 80.0 Å². The quantitative estimate of drug-likeness (QED) is 0.268. The number of aryl methyl sites for hydroxylation is 1. The lowest BCUT2D eigenvalue weighted by atomic mass is 9.84. The van der Waals surface area contributed by atoms with Crippen LogP contribution < -0.4 is 4.74 Å². The minimum absolute atomic E-state index is 0.0277. The Kier molecular flexibility index (Phi) is 6.41. The normalized spacial score (nSPS) is 18.0.